The summed E-state index contributed by atoms with van der Waals surface area (Å²) in [5.41, 5.74) is 10.8. The Kier molecular flexibility index (Phi) is 10.8. The second-order valence-corrected chi connectivity index (χ2v) is 11.7. The molecule has 4 aromatic rings. The first-order valence-electron chi connectivity index (χ1n) is 14.1. The minimum Gasteiger partial charge on any atom is -0.395 e. The van der Waals surface area contributed by atoms with E-state index >= 15 is 0 Å². The van der Waals surface area contributed by atoms with E-state index in [2.05, 4.69) is 74.4 Å². The van der Waals surface area contributed by atoms with E-state index < -0.39 is 0 Å². The number of hydrogen-bond acceptors (Lipinski definition) is 6. The molecule has 6 rings (SSSR count). The van der Waals surface area contributed by atoms with Crippen molar-refractivity contribution in [3.05, 3.63) is 82.2 Å². The maximum atomic E-state index is 5.92. The second kappa shape index (κ2) is 13.7. The van der Waals surface area contributed by atoms with E-state index in [9.17, 15) is 0 Å². The van der Waals surface area contributed by atoms with Gasteiger partial charge in [0.2, 0.25) is 0 Å². The standard InChI is InChI=1S/C33H36N4O2.2U/c1-21-23-11-5-7-15-27(23)34-31-25(21)13-9-17-29(31)36-38-19-33(3,4)20-39-37-30-18-10-14-26-22(2)24-12-6-8-16-28(24)35-32(26)30;;/h5-8,11-12,15-16H,9-10,13-14,17-20H2,1-4H3;;/b36-29+,37-30+;;. The number of nitrogens with zero attached hydrogens (tertiary/aromatic N) is 4. The van der Waals surface area contributed by atoms with Crippen molar-refractivity contribution in [3.63, 3.8) is 0 Å². The van der Waals surface area contributed by atoms with E-state index in [0.29, 0.717) is 13.2 Å². The number of fused-ring (bicyclic) bond motifs is 4. The van der Waals surface area contributed by atoms with Gasteiger partial charge in [0.1, 0.15) is 24.6 Å². The van der Waals surface area contributed by atoms with Gasteiger partial charge in [-0.25, -0.2) is 9.97 Å². The first-order chi connectivity index (χ1) is 18.9. The molecule has 0 saturated carbocycles. The van der Waals surface area contributed by atoms with E-state index in [-0.39, 0.29) is 67.6 Å². The van der Waals surface area contributed by atoms with Crippen LogP contribution in [-0.4, -0.2) is 34.6 Å². The molecule has 0 bridgehead atoms. The van der Waals surface area contributed by atoms with Crippen molar-refractivity contribution < 1.29 is 71.9 Å². The molecule has 2 aromatic heterocycles. The third kappa shape index (κ3) is 6.78. The van der Waals surface area contributed by atoms with E-state index in [1.807, 2.05) is 12.1 Å². The SMILES string of the molecule is Cc1c2c(nc3ccccc13)/C(=N/OCC(C)(C)CO/N=C1\CCCc3c1nc1ccccc1c3C)CCC2.[U].[U]. The van der Waals surface area contributed by atoms with Crippen LogP contribution in [0.25, 0.3) is 21.8 Å². The van der Waals surface area contributed by atoms with Crippen LogP contribution in [0.2, 0.25) is 0 Å². The Morgan fingerprint density at radius 1 is 0.659 bits per heavy atom. The molecule has 2 aliphatic carbocycles. The van der Waals surface area contributed by atoms with Crippen LogP contribution in [0.3, 0.4) is 0 Å². The Bertz CT molecular complexity index is 1510. The molecule has 2 aromatic carbocycles. The Balaban J connectivity index is 0.00000194. The van der Waals surface area contributed by atoms with Crippen LogP contribution >= 0.6 is 0 Å². The zero-order valence-electron chi connectivity index (χ0n) is 24.4. The predicted molar refractivity (Wildman–Crippen MR) is 158 cm³/mol. The Morgan fingerprint density at radius 2 is 1.07 bits per heavy atom. The number of aryl methyl sites for hydroxylation is 2. The van der Waals surface area contributed by atoms with Crippen molar-refractivity contribution >= 4 is 33.2 Å². The smallest absolute Gasteiger partial charge is 0.125 e. The van der Waals surface area contributed by atoms with Gasteiger partial charge >= 0.3 is 0 Å². The molecule has 0 amide bonds. The van der Waals surface area contributed by atoms with Gasteiger partial charge in [-0.15, -0.1) is 0 Å². The zero-order chi connectivity index (χ0) is 27.0. The van der Waals surface area contributed by atoms with Gasteiger partial charge in [0.25, 0.3) is 0 Å². The molecule has 0 radical (unpaired) electrons. The van der Waals surface area contributed by atoms with Crippen molar-refractivity contribution in [2.45, 2.75) is 66.2 Å². The number of aromatic nitrogens is 2. The third-order valence-corrected chi connectivity index (χ3v) is 8.05. The molecule has 2 heterocycles. The van der Waals surface area contributed by atoms with Gasteiger partial charge in [-0.2, -0.15) is 0 Å². The summed E-state index contributed by atoms with van der Waals surface area (Å²) in [5, 5.41) is 11.6. The summed E-state index contributed by atoms with van der Waals surface area (Å²) in [7, 11) is 0. The predicted octanol–water partition coefficient (Wildman–Crippen LogP) is 7.24. The normalized spacial score (nSPS) is 16.6. The van der Waals surface area contributed by atoms with E-state index in [1.165, 1.54) is 33.0 Å². The molecule has 0 saturated heterocycles. The minimum atomic E-state index is -0.261. The molecule has 0 spiro atoms. The number of para-hydroxylation sites is 2. The van der Waals surface area contributed by atoms with Gasteiger partial charge in [-0.1, -0.05) is 60.6 Å². The molecule has 0 aliphatic heterocycles. The first-order valence-corrected chi connectivity index (χ1v) is 14.1. The van der Waals surface area contributed by atoms with Crippen LogP contribution in [0.5, 0.6) is 0 Å². The molecule has 0 N–H and O–H groups in total. The second-order valence-electron chi connectivity index (χ2n) is 11.7. The van der Waals surface area contributed by atoms with Gasteiger partial charge < -0.3 is 9.68 Å². The van der Waals surface area contributed by atoms with Crippen molar-refractivity contribution in [2.75, 3.05) is 13.2 Å². The van der Waals surface area contributed by atoms with E-state index in [1.54, 1.807) is 0 Å². The molecule has 6 nitrogen and oxygen atoms in total. The molecular weight excluding hydrogens is 960 g/mol. The molecule has 8 heteroatoms. The third-order valence-electron chi connectivity index (χ3n) is 8.05. The summed E-state index contributed by atoms with van der Waals surface area (Å²) in [4.78, 5) is 21.8. The van der Waals surface area contributed by atoms with Crippen LogP contribution in [0.1, 0.15) is 73.2 Å². The topological polar surface area (TPSA) is 69.0 Å². The molecule has 208 valence electrons. The van der Waals surface area contributed by atoms with Gasteiger partial charge in [0, 0.05) is 78.4 Å². The zero-order valence-corrected chi connectivity index (χ0v) is 32.7. The maximum Gasteiger partial charge on any atom is 0.125 e. The average molecular weight is 997 g/mol. The van der Waals surface area contributed by atoms with Crippen molar-refractivity contribution in [3.8, 4) is 0 Å². The van der Waals surface area contributed by atoms with Crippen LogP contribution in [0, 0.1) is 81.5 Å². The monoisotopic (exact) mass is 996 g/mol. The number of hydrogen-bond donors (Lipinski definition) is 0. The summed E-state index contributed by atoms with van der Waals surface area (Å²) in [6.07, 6.45) is 5.94. The maximum absolute atomic E-state index is 5.92. The van der Waals surface area contributed by atoms with E-state index in [4.69, 9.17) is 19.6 Å². The number of oxime groups is 2. The van der Waals surface area contributed by atoms with Crippen LogP contribution in [0.15, 0.2) is 58.8 Å². The summed E-state index contributed by atoms with van der Waals surface area (Å²) >= 11 is 0. The fourth-order valence-corrected chi connectivity index (χ4v) is 5.81. The summed E-state index contributed by atoms with van der Waals surface area (Å²) < 4.78 is 0. The van der Waals surface area contributed by atoms with Crippen LogP contribution in [0.4, 0.5) is 0 Å². The van der Waals surface area contributed by atoms with Crippen LogP contribution in [-0.2, 0) is 22.5 Å². The first kappa shape index (κ1) is 32.2. The molecular formula is C33H36N4O2U2. The van der Waals surface area contributed by atoms with Gasteiger partial charge in [0.05, 0.1) is 22.4 Å². The quantitative estimate of drug-likeness (QED) is 0.191. The van der Waals surface area contributed by atoms with Crippen LogP contribution < -0.4 is 0 Å². The summed E-state index contributed by atoms with van der Waals surface area (Å²) in [5.74, 6) is 0. The number of benzene rings is 2. The average Bonchev–Trinajstić information content (AvgIpc) is 2.94. The van der Waals surface area contributed by atoms with Gasteiger partial charge in [0.15, 0.2) is 0 Å². The molecule has 0 fully saturated rings. The van der Waals surface area contributed by atoms with Gasteiger partial charge in [-0.3, -0.25) is 0 Å². The summed E-state index contributed by atoms with van der Waals surface area (Å²) in [6, 6.07) is 16.7. The number of pyridine rings is 2. The molecule has 41 heavy (non-hydrogen) atoms. The molecule has 0 atom stereocenters. The van der Waals surface area contributed by atoms with Crippen molar-refractivity contribution in [1.29, 1.82) is 0 Å². The Morgan fingerprint density at radius 3 is 1.51 bits per heavy atom. The molecule has 2 aliphatic rings. The Hall–Kier alpha value is -1.70. The van der Waals surface area contributed by atoms with Crippen molar-refractivity contribution in [2.24, 2.45) is 15.7 Å². The molecule has 0 unspecified atom stereocenters. The fourth-order valence-electron chi connectivity index (χ4n) is 5.81. The number of rotatable bonds is 6. The van der Waals surface area contributed by atoms with Gasteiger partial charge in [-0.05, 0) is 86.8 Å². The minimum absolute atomic E-state index is 0. The van der Waals surface area contributed by atoms with Crippen molar-refractivity contribution in [1.82, 2.24) is 9.97 Å². The fraction of sp³-hybridized carbons (Fsp3) is 0.394. The largest absolute Gasteiger partial charge is 0.395 e. The Labute approximate surface area is 289 Å². The van der Waals surface area contributed by atoms with E-state index in [0.717, 1.165) is 72.4 Å². The summed E-state index contributed by atoms with van der Waals surface area (Å²) in [6.45, 7) is 9.48.